The van der Waals surface area contributed by atoms with Crippen molar-refractivity contribution >= 4 is 11.8 Å². The summed E-state index contributed by atoms with van der Waals surface area (Å²) in [5.74, 6) is 2.84. The van der Waals surface area contributed by atoms with E-state index in [1.54, 1.807) is 0 Å². The van der Waals surface area contributed by atoms with Crippen molar-refractivity contribution in [3.63, 3.8) is 0 Å². The second-order valence-electron chi connectivity index (χ2n) is 3.78. The normalized spacial score (nSPS) is 15.1. The molecular formula is C12H17NO2S. The van der Waals surface area contributed by atoms with Gasteiger partial charge in [-0.2, -0.15) is 11.8 Å². The average Bonchev–Trinajstić information content (AvgIpc) is 2.76. The van der Waals surface area contributed by atoms with Gasteiger partial charge in [0.15, 0.2) is 11.5 Å². The van der Waals surface area contributed by atoms with Gasteiger partial charge in [-0.1, -0.05) is 6.07 Å². The molecule has 16 heavy (non-hydrogen) atoms. The zero-order valence-corrected chi connectivity index (χ0v) is 10.5. The van der Waals surface area contributed by atoms with Gasteiger partial charge in [0, 0.05) is 18.3 Å². The van der Waals surface area contributed by atoms with Crippen LogP contribution in [0.15, 0.2) is 18.2 Å². The third-order valence-electron chi connectivity index (χ3n) is 2.65. The Morgan fingerprint density at radius 3 is 3.00 bits per heavy atom. The first-order chi connectivity index (χ1) is 7.81. The number of thioether (sulfide) groups is 1. The van der Waals surface area contributed by atoms with Crippen molar-refractivity contribution in [2.75, 3.05) is 25.3 Å². The molecule has 1 atom stereocenters. The molecule has 1 heterocycles. The fraction of sp³-hybridized carbons (Fsp3) is 0.500. The maximum absolute atomic E-state index is 5.36. The molecule has 1 aromatic rings. The molecule has 1 unspecified atom stereocenters. The highest BCUT2D eigenvalue weighted by Gasteiger charge is 2.15. The molecule has 88 valence electrons. The van der Waals surface area contributed by atoms with Crippen LogP contribution in [0.4, 0.5) is 0 Å². The maximum atomic E-state index is 5.36. The summed E-state index contributed by atoms with van der Waals surface area (Å²) in [4.78, 5) is 0. The summed E-state index contributed by atoms with van der Waals surface area (Å²) in [5, 5.41) is 3.47. The molecule has 2 rings (SSSR count). The number of nitrogens with one attached hydrogen (secondary N) is 1. The van der Waals surface area contributed by atoms with Crippen molar-refractivity contribution in [1.29, 1.82) is 0 Å². The van der Waals surface area contributed by atoms with Crippen LogP contribution < -0.4 is 14.8 Å². The standard InChI is InChI=1S/C12H17NO2S/c1-9(13-5-6-16-2)10-3-4-11-12(7-10)15-8-14-11/h3-4,7,9,13H,5-6,8H2,1-2H3. The van der Waals surface area contributed by atoms with Crippen molar-refractivity contribution < 1.29 is 9.47 Å². The summed E-state index contributed by atoms with van der Waals surface area (Å²) in [6.07, 6.45) is 2.12. The van der Waals surface area contributed by atoms with E-state index >= 15 is 0 Å². The lowest BCUT2D eigenvalue weighted by atomic mass is 10.1. The maximum Gasteiger partial charge on any atom is 0.231 e. The molecule has 1 aromatic carbocycles. The molecule has 0 saturated carbocycles. The first-order valence-corrected chi connectivity index (χ1v) is 6.82. The minimum absolute atomic E-state index is 0.340. The lowest BCUT2D eigenvalue weighted by molar-refractivity contribution is 0.174. The summed E-state index contributed by atoms with van der Waals surface area (Å²) in [5.41, 5.74) is 1.24. The van der Waals surface area contributed by atoms with Crippen molar-refractivity contribution in [2.24, 2.45) is 0 Å². The van der Waals surface area contributed by atoms with Gasteiger partial charge in [0.2, 0.25) is 6.79 Å². The molecule has 0 radical (unpaired) electrons. The van der Waals surface area contributed by atoms with E-state index in [1.807, 2.05) is 17.8 Å². The summed E-state index contributed by atoms with van der Waals surface area (Å²) in [7, 11) is 0. The highest BCUT2D eigenvalue weighted by Crippen LogP contribution is 2.33. The third-order valence-corrected chi connectivity index (χ3v) is 3.27. The lowest BCUT2D eigenvalue weighted by Gasteiger charge is -2.14. The Morgan fingerprint density at radius 2 is 2.19 bits per heavy atom. The van der Waals surface area contributed by atoms with E-state index in [0.717, 1.165) is 23.8 Å². The van der Waals surface area contributed by atoms with Crippen LogP contribution in [-0.4, -0.2) is 25.3 Å². The molecule has 1 aliphatic heterocycles. The van der Waals surface area contributed by atoms with Gasteiger partial charge in [0.1, 0.15) is 0 Å². The van der Waals surface area contributed by atoms with Crippen molar-refractivity contribution in [3.05, 3.63) is 23.8 Å². The number of hydrogen-bond donors (Lipinski definition) is 1. The molecule has 0 saturated heterocycles. The zero-order valence-electron chi connectivity index (χ0n) is 9.66. The predicted octanol–water partition coefficient (Wildman–Crippen LogP) is 2.43. The largest absolute Gasteiger partial charge is 0.454 e. The van der Waals surface area contributed by atoms with Crippen LogP contribution in [0.1, 0.15) is 18.5 Å². The number of rotatable bonds is 5. The van der Waals surface area contributed by atoms with Crippen LogP contribution in [0.3, 0.4) is 0 Å². The van der Waals surface area contributed by atoms with Gasteiger partial charge in [-0.3, -0.25) is 0 Å². The van der Waals surface area contributed by atoms with Gasteiger partial charge >= 0.3 is 0 Å². The van der Waals surface area contributed by atoms with Gasteiger partial charge < -0.3 is 14.8 Å². The Labute approximate surface area is 101 Å². The van der Waals surface area contributed by atoms with Gasteiger partial charge in [-0.15, -0.1) is 0 Å². The number of benzene rings is 1. The van der Waals surface area contributed by atoms with E-state index in [0.29, 0.717) is 12.8 Å². The first-order valence-electron chi connectivity index (χ1n) is 5.43. The van der Waals surface area contributed by atoms with E-state index in [1.165, 1.54) is 5.56 Å². The molecule has 4 heteroatoms. The Kier molecular flexibility index (Phi) is 3.96. The molecule has 1 N–H and O–H groups in total. The smallest absolute Gasteiger partial charge is 0.231 e. The summed E-state index contributed by atoms with van der Waals surface area (Å²) in [6.45, 7) is 3.53. The summed E-state index contributed by atoms with van der Waals surface area (Å²) < 4.78 is 10.6. The van der Waals surface area contributed by atoms with Crippen LogP contribution >= 0.6 is 11.8 Å². The van der Waals surface area contributed by atoms with Crippen molar-refractivity contribution in [3.8, 4) is 11.5 Å². The Balaban J connectivity index is 1.98. The van der Waals surface area contributed by atoms with E-state index in [2.05, 4.69) is 30.6 Å². The van der Waals surface area contributed by atoms with Crippen LogP contribution in [-0.2, 0) is 0 Å². The number of hydrogen-bond acceptors (Lipinski definition) is 4. The highest BCUT2D eigenvalue weighted by atomic mass is 32.2. The molecule has 1 aliphatic rings. The Morgan fingerprint density at radius 1 is 1.38 bits per heavy atom. The second-order valence-corrected chi connectivity index (χ2v) is 4.77. The van der Waals surface area contributed by atoms with E-state index in [4.69, 9.17) is 9.47 Å². The van der Waals surface area contributed by atoms with Crippen LogP contribution in [0.2, 0.25) is 0 Å². The predicted molar refractivity (Wildman–Crippen MR) is 67.4 cm³/mol. The summed E-state index contributed by atoms with van der Waals surface area (Å²) in [6, 6.07) is 6.47. The SMILES string of the molecule is CSCCNC(C)c1ccc2c(c1)OCO2. The van der Waals surface area contributed by atoms with Crippen LogP contribution in [0, 0.1) is 0 Å². The van der Waals surface area contributed by atoms with E-state index < -0.39 is 0 Å². The number of fused-ring (bicyclic) bond motifs is 1. The Bertz CT molecular complexity index is 357. The van der Waals surface area contributed by atoms with Gasteiger partial charge in [-0.05, 0) is 30.9 Å². The topological polar surface area (TPSA) is 30.5 Å². The van der Waals surface area contributed by atoms with Crippen LogP contribution in [0.5, 0.6) is 11.5 Å². The molecular weight excluding hydrogens is 222 g/mol. The highest BCUT2D eigenvalue weighted by molar-refractivity contribution is 7.98. The molecule has 3 nitrogen and oxygen atoms in total. The zero-order chi connectivity index (χ0) is 11.4. The van der Waals surface area contributed by atoms with Gasteiger partial charge in [0.05, 0.1) is 0 Å². The molecule has 0 amide bonds. The molecule has 0 bridgehead atoms. The van der Waals surface area contributed by atoms with E-state index in [9.17, 15) is 0 Å². The fourth-order valence-corrected chi connectivity index (χ4v) is 2.00. The first kappa shape index (κ1) is 11.6. The van der Waals surface area contributed by atoms with Gasteiger partial charge in [-0.25, -0.2) is 0 Å². The second kappa shape index (κ2) is 5.46. The van der Waals surface area contributed by atoms with Crippen molar-refractivity contribution in [2.45, 2.75) is 13.0 Å². The fourth-order valence-electron chi connectivity index (χ4n) is 1.68. The minimum Gasteiger partial charge on any atom is -0.454 e. The third kappa shape index (κ3) is 2.62. The van der Waals surface area contributed by atoms with Crippen molar-refractivity contribution in [1.82, 2.24) is 5.32 Å². The van der Waals surface area contributed by atoms with Gasteiger partial charge in [0.25, 0.3) is 0 Å². The monoisotopic (exact) mass is 239 g/mol. The van der Waals surface area contributed by atoms with E-state index in [-0.39, 0.29) is 0 Å². The molecule has 0 aromatic heterocycles. The summed E-state index contributed by atoms with van der Waals surface area (Å²) >= 11 is 1.85. The molecule has 0 spiro atoms. The minimum atomic E-state index is 0.340. The number of ether oxygens (including phenoxy) is 2. The quantitative estimate of drug-likeness (QED) is 0.799. The lowest BCUT2D eigenvalue weighted by Crippen LogP contribution is -2.21. The molecule has 0 fully saturated rings. The average molecular weight is 239 g/mol. The van der Waals surface area contributed by atoms with Crippen LogP contribution in [0.25, 0.3) is 0 Å². The Hall–Kier alpha value is -0.870. The molecule has 0 aliphatic carbocycles.